The van der Waals surface area contributed by atoms with Crippen molar-refractivity contribution in [3.8, 4) is 23.1 Å². The van der Waals surface area contributed by atoms with E-state index in [1.165, 1.54) is 22.2 Å². The van der Waals surface area contributed by atoms with E-state index in [1.807, 2.05) is 12.1 Å². The summed E-state index contributed by atoms with van der Waals surface area (Å²) in [6.07, 6.45) is 3.68. The SMILES string of the molecule is COc1cc(C(c2sc3ncnn3c2O)N2CCC(C)CC2)cc(OC)c1OC. The summed E-state index contributed by atoms with van der Waals surface area (Å²) in [6, 6.07) is 3.75. The van der Waals surface area contributed by atoms with Crippen molar-refractivity contribution in [2.24, 2.45) is 5.92 Å². The minimum absolute atomic E-state index is 0.125. The average molecular weight is 419 g/mol. The van der Waals surface area contributed by atoms with Crippen molar-refractivity contribution in [3.05, 3.63) is 28.9 Å². The van der Waals surface area contributed by atoms with Gasteiger partial charge in [-0.25, -0.2) is 4.98 Å². The van der Waals surface area contributed by atoms with E-state index in [-0.39, 0.29) is 11.9 Å². The molecule has 9 heteroatoms. The predicted octanol–water partition coefficient (Wildman–Crippen LogP) is 3.34. The molecule has 0 amide bonds. The maximum Gasteiger partial charge on any atom is 0.230 e. The zero-order chi connectivity index (χ0) is 20.5. The molecule has 3 aromatic rings. The zero-order valence-corrected chi connectivity index (χ0v) is 17.9. The monoisotopic (exact) mass is 418 g/mol. The number of piperidine rings is 1. The summed E-state index contributed by atoms with van der Waals surface area (Å²) in [5, 5.41) is 15.0. The largest absolute Gasteiger partial charge is 0.493 e. The first-order valence-corrected chi connectivity index (χ1v) is 10.4. The summed E-state index contributed by atoms with van der Waals surface area (Å²) in [6.45, 7) is 4.16. The smallest absolute Gasteiger partial charge is 0.230 e. The van der Waals surface area contributed by atoms with Crippen LogP contribution in [0.15, 0.2) is 18.5 Å². The van der Waals surface area contributed by atoms with Crippen LogP contribution in [0.1, 0.15) is 36.2 Å². The number of methoxy groups -OCH3 is 3. The highest BCUT2D eigenvalue weighted by Gasteiger charge is 2.32. The third kappa shape index (κ3) is 3.49. The van der Waals surface area contributed by atoms with Gasteiger partial charge in [0.25, 0.3) is 0 Å². The number of nitrogens with zero attached hydrogens (tertiary/aromatic N) is 4. The number of hydrogen-bond donors (Lipinski definition) is 1. The first kappa shape index (κ1) is 19.8. The highest BCUT2D eigenvalue weighted by molar-refractivity contribution is 7.17. The van der Waals surface area contributed by atoms with Crippen molar-refractivity contribution in [2.45, 2.75) is 25.8 Å². The number of thiazole rings is 1. The molecular formula is C20H26N4O4S. The fourth-order valence-corrected chi connectivity index (χ4v) is 5.04. The van der Waals surface area contributed by atoms with Gasteiger partial charge < -0.3 is 19.3 Å². The number of benzene rings is 1. The Morgan fingerprint density at radius 2 is 1.76 bits per heavy atom. The highest BCUT2D eigenvalue weighted by Crippen LogP contribution is 2.46. The van der Waals surface area contributed by atoms with Gasteiger partial charge in [0, 0.05) is 0 Å². The Hall–Kier alpha value is -2.52. The first-order valence-electron chi connectivity index (χ1n) is 9.62. The molecule has 2 aromatic heterocycles. The maximum atomic E-state index is 10.9. The van der Waals surface area contributed by atoms with Crippen LogP contribution in [0.5, 0.6) is 23.1 Å². The molecule has 4 rings (SSSR count). The Balaban J connectivity index is 1.86. The van der Waals surface area contributed by atoms with Crippen LogP contribution < -0.4 is 14.2 Å². The summed E-state index contributed by atoms with van der Waals surface area (Å²) in [5.74, 6) is 2.56. The summed E-state index contributed by atoms with van der Waals surface area (Å²) < 4.78 is 18.1. The summed E-state index contributed by atoms with van der Waals surface area (Å²) in [7, 11) is 4.81. The number of likely N-dealkylation sites (tertiary alicyclic amines) is 1. The van der Waals surface area contributed by atoms with Crippen LogP contribution >= 0.6 is 11.3 Å². The molecule has 3 heterocycles. The van der Waals surface area contributed by atoms with Crippen LogP contribution in [0, 0.1) is 5.92 Å². The van der Waals surface area contributed by atoms with Gasteiger partial charge in [-0.2, -0.15) is 9.61 Å². The van der Waals surface area contributed by atoms with Gasteiger partial charge in [0.15, 0.2) is 11.5 Å². The molecule has 1 atom stereocenters. The molecule has 1 unspecified atom stereocenters. The number of aromatic nitrogens is 3. The van der Waals surface area contributed by atoms with Gasteiger partial charge in [-0.3, -0.25) is 4.90 Å². The molecule has 0 aliphatic carbocycles. The van der Waals surface area contributed by atoms with Crippen LogP contribution in [0.2, 0.25) is 0 Å². The van der Waals surface area contributed by atoms with Crippen LogP contribution in [0.25, 0.3) is 4.96 Å². The van der Waals surface area contributed by atoms with Gasteiger partial charge in [0.1, 0.15) is 6.33 Å². The minimum atomic E-state index is -0.162. The number of aromatic hydroxyl groups is 1. The lowest BCUT2D eigenvalue weighted by molar-refractivity contribution is 0.157. The van der Waals surface area contributed by atoms with Crippen molar-refractivity contribution in [3.63, 3.8) is 0 Å². The minimum Gasteiger partial charge on any atom is -0.493 e. The Bertz CT molecular complexity index is 969. The Kier molecular flexibility index (Phi) is 5.51. The lowest BCUT2D eigenvalue weighted by Gasteiger charge is -2.36. The van der Waals surface area contributed by atoms with Crippen molar-refractivity contribution >= 4 is 16.3 Å². The summed E-state index contributed by atoms with van der Waals surface area (Å²) >= 11 is 1.45. The standard InChI is InChI=1S/C20H26N4O4S/c1-12-5-7-23(8-6-12)16(18-19(25)24-20(29-18)21-11-22-24)13-9-14(26-2)17(28-4)15(10-13)27-3/h9-12,16,25H,5-8H2,1-4H3. The Morgan fingerprint density at radius 1 is 1.10 bits per heavy atom. The topological polar surface area (TPSA) is 81.4 Å². The number of rotatable bonds is 6. The highest BCUT2D eigenvalue weighted by atomic mass is 32.1. The molecule has 1 saturated heterocycles. The molecule has 0 radical (unpaired) electrons. The fourth-order valence-electron chi connectivity index (χ4n) is 3.95. The molecule has 156 valence electrons. The van der Waals surface area contributed by atoms with Crippen molar-refractivity contribution in [1.29, 1.82) is 0 Å². The van der Waals surface area contributed by atoms with E-state index in [0.717, 1.165) is 36.4 Å². The second-order valence-electron chi connectivity index (χ2n) is 7.32. The van der Waals surface area contributed by atoms with Crippen LogP contribution in [0.4, 0.5) is 0 Å². The normalized spacial score (nSPS) is 16.8. The van der Waals surface area contributed by atoms with E-state index in [0.29, 0.717) is 28.1 Å². The Labute approximate surface area is 173 Å². The molecule has 29 heavy (non-hydrogen) atoms. The lowest BCUT2D eigenvalue weighted by atomic mass is 9.95. The molecule has 0 spiro atoms. The third-order valence-corrected chi connectivity index (χ3v) is 6.66. The zero-order valence-electron chi connectivity index (χ0n) is 17.1. The van der Waals surface area contributed by atoms with Crippen LogP contribution in [0.3, 0.4) is 0 Å². The third-order valence-electron chi connectivity index (χ3n) is 5.57. The van der Waals surface area contributed by atoms with E-state index < -0.39 is 0 Å². The summed E-state index contributed by atoms with van der Waals surface area (Å²) in [4.78, 5) is 8.12. The molecule has 0 bridgehead atoms. The van der Waals surface area contributed by atoms with Gasteiger partial charge in [-0.15, -0.1) is 0 Å². The lowest BCUT2D eigenvalue weighted by Crippen LogP contribution is -2.36. The van der Waals surface area contributed by atoms with Crippen molar-refractivity contribution in [1.82, 2.24) is 19.5 Å². The second kappa shape index (κ2) is 8.08. The molecule has 1 aliphatic heterocycles. The maximum absolute atomic E-state index is 10.9. The van der Waals surface area contributed by atoms with Gasteiger partial charge in [-0.1, -0.05) is 18.3 Å². The molecule has 1 aliphatic rings. The van der Waals surface area contributed by atoms with E-state index >= 15 is 0 Å². The van der Waals surface area contributed by atoms with Crippen LogP contribution in [-0.4, -0.2) is 59.0 Å². The molecule has 1 fully saturated rings. The number of hydrogen-bond acceptors (Lipinski definition) is 8. The van der Waals surface area contributed by atoms with E-state index in [4.69, 9.17) is 14.2 Å². The molecular weight excluding hydrogens is 392 g/mol. The Morgan fingerprint density at radius 3 is 2.31 bits per heavy atom. The van der Waals surface area contributed by atoms with E-state index in [9.17, 15) is 5.11 Å². The molecule has 0 saturated carbocycles. The van der Waals surface area contributed by atoms with Crippen LogP contribution in [-0.2, 0) is 0 Å². The first-order chi connectivity index (χ1) is 14.1. The van der Waals surface area contributed by atoms with Gasteiger partial charge in [0.05, 0.1) is 32.2 Å². The van der Waals surface area contributed by atoms with E-state index in [1.54, 1.807) is 21.3 Å². The quantitative estimate of drug-likeness (QED) is 0.657. The van der Waals surface area contributed by atoms with Gasteiger partial charge in [0.2, 0.25) is 16.6 Å². The summed E-state index contributed by atoms with van der Waals surface area (Å²) in [5.41, 5.74) is 0.967. The average Bonchev–Trinajstić information content (AvgIpc) is 3.32. The molecule has 8 nitrogen and oxygen atoms in total. The molecule has 1 N–H and O–H groups in total. The molecule has 1 aromatic carbocycles. The second-order valence-corrected chi connectivity index (χ2v) is 8.33. The van der Waals surface area contributed by atoms with Crippen molar-refractivity contribution < 1.29 is 19.3 Å². The predicted molar refractivity (Wildman–Crippen MR) is 110 cm³/mol. The van der Waals surface area contributed by atoms with Crippen molar-refractivity contribution in [2.75, 3.05) is 34.4 Å². The van der Waals surface area contributed by atoms with Gasteiger partial charge >= 0.3 is 0 Å². The number of ether oxygens (including phenoxy) is 3. The fraction of sp³-hybridized carbons (Fsp3) is 0.500. The van der Waals surface area contributed by atoms with Gasteiger partial charge in [-0.05, 0) is 49.5 Å². The number of fused-ring (bicyclic) bond motifs is 1. The van der Waals surface area contributed by atoms with E-state index in [2.05, 4.69) is 21.9 Å².